The first-order valence-corrected chi connectivity index (χ1v) is 7.67. The van der Waals surface area contributed by atoms with Gasteiger partial charge in [-0.3, -0.25) is 14.4 Å². The van der Waals surface area contributed by atoms with Crippen molar-refractivity contribution in [2.45, 2.75) is 58.4 Å². The summed E-state index contributed by atoms with van der Waals surface area (Å²) in [6.45, 7) is 5.08. The first-order chi connectivity index (χ1) is 9.88. The molecule has 0 aromatic carbocycles. The third kappa shape index (κ3) is 7.11. The lowest BCUT2D eigenvalue weighted by Crippen LogP contribution is -2.39. The third-order valence-corrected chi connectivity index (χ3v) is 3.67. The molecule has 0 aromatic heterocycles. The maximum Gasteiger partial charge on any atom is 0.303 e. The first kappa shape index (κ1) is 17.5. The van der Waals surface area contributed by atoms with E-state index >= 15 is 0 Å². The number of nitrogens with zero attached hydrogens (tertiary/aromatic N) is 1. The number of amides is 2. The molecule has 1 rings (SSSR count). The molecule has 0 bridgehead atoms. The molecule has 2 amide bonds. The number of nitrogens with one attached hydrogen (secondary N) is 1. The van der Waals surface area contributed by atoms with Crippen molar-refractivity contribution in [1.29, 1.82) is 0 Å². The maximum atomic E-state index is 12.0. The van der Waals surface area contributed by atoms with E-state index in [2.05, 4.69) is 5.32 Å². The third-order valence-electron chi connectivity index (χ3n) is 3.67. The average Bonchev–Trinajstić information content (AvgIpc) is 2.37. The quantitative estimate of drug-likeness (QED) is 0.743. The van der Waals surface area contributed by atoms with Crippen LogP contribution in [0.15, 0.2) is 0 Å². The summed E-state index contributed by atoms with van der Waals surface area (Å²) < 4.78 is 0. The molecule has 1 aliphatic heterocycles. The van der Waals surface area contributed by atoms with Crippen LogP contribution in [0.25, 0.3) is 0 Å². The summed E-state index contributed by atoms with van der Waals surface area (Å²) in [5, 5.41) is 11.6. The summed E-state index contributed by atoms with van der Waals surface area (Å²) in [7, 11) is 0. The zero-order valence-corrected chi connectivity index (χ0v) is 12.9. The molecular formula is C15H26N2O4. The second kappa shape index (κ2) is 8.64. The van der Waals surface area contributed by atoms with Gasteiger partial charge in [-0.05, 0) is 39.0 Å². The van der Waals surface area contributed by atoms with Crippen molar-refractivity contribution in [2.24, 2.45) is 5.92 Å². The maximum absolute atomic E-state index is 12.0. The lowest BCUT2D eigenvalue weighted by Gasteiger charge is -2.31. The largest absolute Gasteiger partial charge is 0.481 e. The Balaban J connectivity index is 2.19. The molecule has 6 nitrogen and oxygen atoms in total. The number of likely N-dealkylation sites (tertiary alicyclic amines) is 1. The fourth-order valence-corrected chi connectivity index (χ4v) is 2.59. The van der Waals surface area contributed by atoms with Crippen molar-refractivity contribution in [3.63, 3.8) is 0 Å². The monoisotopic (exact) mass is 298 g/mol. The van der Waals surface area contributed by atoms with Crippen molar-refractivity contribution in [2.75, 3.05) is 13.1 Å². The van der Waals surface area contributed by atoms with Gasteiger partial charge in [-0.1, -0.05) is 0 Å². The van der Waals surface area contributed by atoms with Crippen LogP contribution >= 0.6 is 0 Å². The molecular weight excluding hydrogens is 272 g/mol. The van der Waals surface area contributed by atoms with Gasteiger partial charge in [-0.2, -0.15) is 0 Å². The number of carboxylic acid groups (broad SMARTS) is 1. The van der Waals surface area contributed by atoms with Gasteiger partial charge in [0, 0.05) is 38.4 Å². The van der Waals surface area contributed by atoms with Crippen LogP contribution in [0.3, 0.4) is 0 Å². The first-order valence-electron chi connectivity index (χ1n) is 7.67. The highest BCUT2D eigenvalue weighted by Gasteiger charge is 2.24. The smallest absolute Gasteiger partial charge is 0.303 e. The Hall–Kier alpha value is -1.59. The van der Waals surface area contributed by atoms with E-state index in [1.54, 1.807) is 4.90 Å². The van der Waals surface area contributed by atoms with Gasteiger partial charge in [0.2, 0.25) is 11.8 Å². The highest BCUT2D eigenvalue weighted by Crippen LogP contribution is 2.21. The number of hydrogen-bond donors (Lipinski definition) is 2. The van der Waals surface area contributed by atoms with Gasteiger partial charge < -0.3 is 15.3 Å². The van der Waals surface area contributed by atoms with Crippen LogP contribution in [-0.2, 0) is 14.4 Å². The van der Waals surface area contributed by atoms with Crippen LogP contribution in [0.1, 0.15) is 52.4 Å². The van der Waals surface area contributed by atoms with Crippen LogP contribution in [0.5, 0.6) is 0 Å². The van der Waals surface area contributed by atoms with Crippen LogP contribution in [0, 0.1) is 5.92 Å². The molecule has 0 saturated carbocycles. The molecule has 0 aliphatic carbocycles. The number of rotatable bonds is 7. The molecule has 1 heterocycles. The molecule has 0 aromatic rings. The molecule has 21 heavy (non-hydrogen) atoms. The standard InChI is InChI=1S/C15H26N2O4/c1-11(2)16-13(18)4-3-5-14(19)17-8-6-12(7-9-17)10-15(20)21/h11-12H,3-10H2,1-2H3,(H,16,18)(H,20,21). The van der Waals surface area contributed by atoms with Gasteiger partial charge in [0.1, 0.15) is 0 Å². The van der Waals surface area contributed by atoms with Gasteiger partial charge in [0.25, 0.3) is 0 Å². The van der Waals surface area contributed by atoms with Crippen molar-refractivity contribution in [3.8, 4) is 0 Å². The van der Waals surface area contributed by atoms with Crippen LogP contribution in [0.2, 0.25) is 0 Å². The molecule has 1 saturated heterocycles. The second-order valence-electron chi connectivity index (χ2n) is 6.00. The summed E-state index contributed by atoms with van der Waals surface area (Å²) in [4.78, 5) is 35.9. The predicted molar refractivity (Wildman–Crippen MR) is 78.7 cm³/mol. The summed E-state index contributed by atoms with van der Waals surface area (Å²) in [5.41, 5.74) is 0. The Morgan fingerprint density at radius 3 is 2.33 bits per heavy atom. The molecule has 6 heteroatoms. The fraction of sp³-hybridized carbons (Fsp3) is 0.800. The molecule has 2 N–H and O–H groups in total. The number of carbonyl (C=O) groups is 3. The molecule has 0 spiro atoms. The summed E-state index contributed by atoms with van der Waals surface area (Å²) in [6, 6.07) is 0.126. The van der Waals surface area contributed by atoms with Crippen LogP contribution in [0.4, 0.5) is 0 Å². The zero-order valence-electron chi connectivity index (χ0n) is 12.9. The SMILES string of the molecule is CC(C)NC(=O)CCCC(=O)N1CCC(CC(=O)O)CC1. The van der Waals surface area contributed by atoms with Gasteiger partial charge in [0.15, 0.2) is 0 Å². The fourth-order valence-electron chi connectivity index (χ4n) is 2.59. The number of carboxylic acids is 1. The minimum atomic E-state index is -0.768. The number of carbonyl (C=O) groups excluding carboxylic acids is 2. The van der Waals surface area contributed by atoms with Crippen molar-refractivity contribution in [3.05, 3.63) is 0 Å². The van der Waals surface area contributed by atoms with Crippen molar-refractivity contribution in [1.82, 2.24) is 10.2 Å². The Morgan fingerprint density at radius 1 is 1.19 bits per heavy atom. The normalized spacial score (nSPS) is 16.0. The Morgan fingerprint density at radius 2 is 1.81 bits per heavy atom. The minimum absolute atomic E-state index is 0.0158. The summed E-state index contributed by atoms with van der Waals surface area (Å²) >= 11 is 0. The van der Waals surface area contributed by atoms with Gasteiger partial charge in [-0.25, -0.2) is 0 Å². The Bertz CT molecular complexity index is 374. The number of hydrogen-bond acceptors (Lipinski definition) is 3. The second-order valence-corrected chi connectivity index (χ2v) is 6.00. The van der Waals surface area contributed by atoms with E-state index < -0.39 is 5.97 Å². The molecule has 120 valence electrons. The van der Waals surface area contributed by atoms with Gasteiger partial charge >= 0.3 is 5.97 Å². The molecule has 0 unspecified atom stereocenters. The van der Waals surface area contributed by atoms with E-state index in [0.29, 0.717) is 32.4 Å². The van der Waals surface area contributed by atoms with E-state index in [9.17, 15) is 14.4 Å². The van der Waals surface area contributed by atoms with Crippen LogP contribution < -0.4 is 5.32 Å². The lowest BCUT2D eigenvalue weighted by atomic mass is 9.93. The van der Waals surface area contributed by atoms with Crippen molar-refractivity contribution >= 4 is 17.8 Å². The Labute approximate surface area is 125 Å². The summed E-state index contributed by atoms with van der Waals surface area (Å²) in [6.07, 6.45) is 3.02. The van der Waals surface area contributed by atoms with Crippen LogP contribution in [-0.4, -0.2) is 46.9 Å². The van der Waals surface area contributed by atoms with E-state index in [1.807, 2.05) is 13.8 Å². The number of aliphatic carboxylic acids is 1. The van der Waals surface area contributed by atoms with Gasteiger partial charge in [-0.15, -0.1) is 0 Å². The topological polar surface area (TPSA) is 86.7 Å². The summed E-state index contributed by atoms with van der Waals surface area (Å²) in [5.74, 6) is -0.529. The predicted octanol–water partition coefficient (Wildman–Crippen LogP) is 1.39. The highest BCUT2D eigenvalue weighted by molar-refractivity contribution is 5.79. The molecule has 1 fully saturated rings. The Kier molecular flexibility index (Phi) is 7.19. The van der Waals surface area contributed by atoms with E-state index in [0.717, 1.165) is 12.8 Å². The average molecular weight is 298 g/mol. The van der Waals surface area contributed by atoms with Gasteiger partial charge in [0.05, 0.1) is 0 Å². The zero-order chi connectivity index (χ0) is 15.8. The lowest BCUT2D eigenvalue weighted by molar-refractivity contribution is -0.138. The van der Waals surface area contributed by atoms with E-state index in [1.165, 1.54) is 0 Å². The van der Waals surface area contributed by atoms with Crippen molar-refractivity contribution < 1.29 is 19.5 Å². The number of piperidine rings is 1. The molecule has 0 atom stereocenters. The minimum Gasteiger partial charge on any atom is -0.481 e. The molecule has 0 radical (unpaired) electrons. The van der Waals surface area contributed by atoms with E-state index in [4.69, 9.17) is 5.11 Å². The highest BCUT2D eigenvalue weighted by atomic mass is 16.4. The molecule has 1 aliphatic rings. The van der Waals surface area contributed by atoms with E-state index in [-0.39, 0.29) is 30.2 Å².